The number of thiazole rings is 1. The van der Waals surface area contributed by atoms with Crippen molar-refractivity contribution >= 4 is 34.5 Å². The first-order valence-corrected chi connectivity index (χ1v) is 7.88. The fraction of sp³-hybridized carbons (Fsp3) is 0.267. The van der Waals surface area contributed by atoms with E-state index in [0.717, 1.165) is 17.0 Å². The third-order valence-electron chi connectivity index (χ3n) is 3.47. The quantitative estimate of drug-likeness (QED) is 0.892. The van der Waals surface area contributed by atoms with E-state index in [2.05, 4.69) is 10.6 Å². The number of aromatic nitrogens is 1. The Balaban J connectivity index is 1.74. The molecule has 0 spiro atoms. The van der Waals surface area contributed by atoms with Crippen LogP contribution in [0.2, 0.25) is 0 Å². The number of nitrogens with one attached hydrogen (secondary N) is 2. The van der Waals surface area contributed by atoms with Crippen LogP contribution in [-0.2, 0) is 16.1 Å². The van der Waals surface area contributed by atoms with Gasteiger partial charge in [0.1, 0.15) is 12.3 Å². The molecule has 0 saturated heterocycles. The molecule has 0 bridgehead atoms. The van der Waals surface area contributed by atoms with Gasteiger partial charge in [0.15, 0.2) is 6.10 Å². The van der Waals surface area contributed by atoms with Crippen molar-refractivity contribution < 1.29 is 14.3 Å². The number of ether oxygens (including phenoxy) is 1. The van der Waals surface area contributed by atoms with Crippen LogP contribution in [0.1, 0.15) is 12.6 Å². The molecule has 2 heterocycles. The first kappa shape index (κ1) is 15.3. The smallest absolute Gasteiger partial charge is 0.307 e. The van der Waals surface area contributed by atoms with Crippen molar-refractivity contribution in [3.8, 4) is 5.75 Å². The molecule has 8 heteroatoms. The summed E-state index contributed by atoms with van der Waals surface area (Å²) in [4.78, 5) is 35.2. The van der Waals surface area contributed by atoms with E-state index < -0.39 is 6.10 Å². The topological polar surface area (TPSA) is 89.4 Å². The number of amides is 2. The zero-order valence-electron chi connectivity index (χ0n) is 12.6. The van der Waals surface area contributed by atoms with Gasteiger partial charge in [-0.1, -0.05) is 11.3 Å². The Morgan fingerprint density at radius 1 is 1.43 bits per heavy atom. The second-order valence-electron chi connectivity index (χ2n) is 5.24. The summed E-state index contributed by atoms with van der Waals surface area (Å²) in [5.41, 5.74) is 1.78. The molecule has 0 fully saturated rings. The van der Waals surface area contributed by atoms with Crippen LogP contribution in [0.25, 0.3) is 0 Å². The first-order chi connectivity index (χ1) is 10.9. The number of fused-ring (bicyclic) bond motifs is 1. The SMILES string of the molecule is Cc1csc(=O)n1CC(=O)Nc1ccc2c(c1)NC(=O)[C@H](C)O2. The summed E-state index contributed by atoms with van der Waals surface area (Å²) < 4.78 is 6.86. The minimum atomic E-state index is -0.545. The molecule has 1 atom stereocenters. The Labute approximate surface area is 135 Å². The molecule has 0 saturated carbocycles. The van der Waals surface area contributed by atoms with Crippen molar-refractivity contribution in [2.24, 2.45) is 0 Å². The molecule has 7 nitrogen and oxygen atoms in total. The fourth-order valence-corrected chi connectivity index (χ4v) is 2.96. The van der Waals surface area contributed by atoms with E-state index in [4.69, 9.17) is 4.74 Å². The highest BCUT2D eigenvalue weighted by atomic mass is 32.1. The summed E-state index contributed by atoms with van der Waals surface area (Å²) in [6, 6.07) is 4.99. The Kier molecular flexibility index (Phi) is 3.91. The fourth-order valence-electron chi connectivity index (χ4n) is 2.23. The third kappa shape index (κ3) is 3.11. The van der Waals surface area contributed by atoms with Crippen LogP contribution in [0.3, 0.4) is 0 Å². The van der Waals surface area contributed by atoms with Gasteiger partial charge in [0.05, 0.1) is 5.69 Å². The Morgan fingerprint density at radius 3 is 2.91 bits per heavy atom. The minimum absolute atomic E-state index is 0.0505. The average Bonchev–Trinajstić information content (AvgIpc) is 2.80. The van der Waals surface area contributed by atoms with Crippen LogP contribution in [0.5, 0.6) is 5.75 Å². The number of carbonyl (C=O) groups is 2. The van der Waals surface area contributed by atoms with Crippen molar-refractivity contribution in [2.45, 2.75) is 26.5 Å². The molecular formula is C15H15N3O4S. The number of benzene rings is 1. The van der Waals surface area contributed by atoms with E-state index in [1.165, 1.54) is 4.57 Å². The number of rotatable bonds is 3. The lowest BCUT2D eigenvalue weighted by molar-refractivity contribution is -0.122. The second kappa shape index (κ2) is 5.88. The molecule has 23 heavy (non-hydrogen) atoms. The zero-order chi connectivity index (χ0) is 16.6. The highest BCUT2D eigenvalue weighted by molar-refractivity contribution is 7.07. The Hall–Kier alpha value is -2.61. The number of anilines is 2. The summed E-state index contributed by atoms with van der Waals surface area (Å²) in [6.07, 6.45) is -0.545. The van der Waals surface area contributed by atoms with Gasteiger partial charge in [-0.2, -0.15) is 0 Å². The number of carbonyl (C=O) groups excluding carboxylic acids is 2. The summed E-state index contributed by atoms with van der Waals surface area (Å²) in [7, 11) is 0. The molecule has 2 amide bonds. The molecule has 1 aromatic heterocycles. The monoisotopic (exact) mass is 333 g/mol. The highest BCUT2D eigenvalue weighted by Crippen LogP contribution is 2.32. The first-order valence-electron chi connectivity index (χ1n) is 7.00. The van der Waals surface area contributed by atoms with Crippen molar-refractivity contribution in [3.05, 3.63) is 38.9 Å². The van der Waals surface area contributed by atoms with Crippen LogP contribution in [-0.4, -0.2) is 22.5 Å². The number of aryl methyl sites for hydroxylation is 1. The summed E-state index contributed by atoms with van der Waals surface area (Å²) in [6.45, 7) is 3.39. The summed E-state index contributed by atoms with van der Waals surface area (Å²) >= 11 is 1.06. The molecule has 2 N–H and O–H groups in total. The lowest BCUT2D eigenvalue weighted by Gasteiger charge is -2.23. The zero-order valence-corrected chi connectivity index (χ0v) is 13.4. The van der Waals surface area contributed by atoms with E-state index in [-0.39, 0.29) is 23.2 Å². The molecule has 1 aromatic carbocycles. The minimum Gasteiger partial charge on any atom is -0.479 e. The van der Waals surface area contributed by atoms with Gasteiger partial charge in [0.2, 0.25) is 5.91 Å². The molecular weight excluding hydrogens is 318 g/mol. The van der Waals surface area contributed by atoms with Gasteiger partial charge in [-0.3, -0.25) is 19.0 Å². The van der Waals surface area contributed by atoms with Crippen LogP contribution in [0.4, 0.5) is 11.4 Å². The van der Waals surface area contributed by atoms with E-state index in [0.29, 0.717) is 17.1 Å². The van der Waals surface area contributed by atoms with Gasteiger partial charge < -0.3 is 15.4 Å². The van der Waals surface area contributed by atoms with E-state index in [9.17, 15) is 14.4 Å². The van der Waals surface area contributed by atoms with E-state index in [1.54, 1.807) is 37.4 Å². The molecule has 0 radical (unpaired) electrons. The van der Waals surface area contributed by atoms with Crippen LogP contribution >= 0.6 is 11.3 Å². The summed E-state index contributed by atoms with van der Waals surface area (Å²) in [5, 5.41) is 7.14. The number of nitrogens with zero attached hydrogens (tertiary/aromatic N) is 1. The van der Waals surface area contributed by atoms with Crippen molar-refractivity contribution in [1.29, 1.82) is 0 Å². The van der Waals surface area contributed by atoms with Gasteiger partial charge in [0, 0.05) is 16.8 Å². The molecule has 3 rings (SSSR count). The normalized spacial score (nSPS) is 16.3. The molecule has 1 aliphatic rings. The Bertz CT molecular complexity index is 839. The highest BCUT2D eigenvalue weighted by Gasteiger charge is 2.23. The van der Waals surface area contributed by atoms with Gasteiger partial charge in [-0.05, 0) is 32.0 Å². The Morgan fingerprint density at radius 2 is 2.22 bits per heavy atom. The standard InChI is InChI=1S/C15H15N3O4S/c1-8-7-23-15(21)18(8)6-13(19)16-10-3-4-12-11(5-10)17-14(20)9(2)22-12/h3-5,7,9H,6H2,1-2H3,(H,16,19)(H,17,20)/t9-/m0/s1. The van der Waals surface area contributed by atoms with Gasteiger partial charge in [-0.15, -0.1) is 0 Å². The second-order valence-corrected chi connectivity index (χ2v) is 6.06. The van der Waals surface area contributed by atoms with Crippen LogP contribution in [0.15, 0.2) is 28.4 Å². The molecule has 2 aromatic rings. The summed E-state index contributed by atoms with van der Waals surface area (Å²) in [5.74, 6) is 0.00592. The van der Waals surface area contributed by atoms with Crippen molar-refractivity contribution in [1.82, 2.24) is 4.57 Å². The lowest BCUT2D eigenvalue weighted by atomic mass is 10.2. The predicted octanol–water partition coefficient (Wildman–Crippen LogP) is 1.58. The van der Waals surface area contributed by atoms with Gasteiger partial charge in [0.25, 0.3) is 5.91 Å². The third-order valence-corrected chi connectivity index (χ3v) is 4.35. The van der Waals surface area contributed by atoms with E-state index >= 15 is 0 Å². The molecule has 0 aliphatic carbocycles. The maximum absolute atomic E-state index is 12.1. The van der Waals surface area contributed by atoms with Crippen LogP contribution < -0.4 is 20.2 Å². The number of hydrogen-bond acceptors (Lipinski definition) is 5. The molecule has 120 valence electrons. The average molecular weight is 333 g/mol. The van der Waals surface area contributed by atoms with Crippen molar-refractivity contribution in [3.63, 3.8) is 0 Å². The molecule has 1 aliphatic heterocycles. The largest absolute Gasteiger partial charge is 0.479 e. The van der Waals surface area contributed by atoms with Crippen LogP contribution in [0, 0.1) is 6.92 Å². The maximum Gasteiger partial charge on any atom is 0.307 e. The van der Waals surface area contributed by atoms with E-state index in [1.807, 2.05) is 0 Å². The molecule has 0 unspecified atom stereocenters. The van der Waals surface area contributed by atoms with Gasteiger partial charge >= 0.3 is 4.87 Å². The van der Waals surface area contributed by atoms with Gasteiger partial charge in [-0.25, -0.2) is 0 Å². The van der Waals surface area contributed by atoms with Crippen molar-refractivity contribution in [2.75, 3.05) is 10.6 Å². The maximum atomic E-state index is 12.1. The lowest BCUT2D eigenvalue weighted by Crippen LogP contribution is -2.34. The number of hydrogen-bond donors (Lipinski definition) is 2. The predicted molar refractivity (Wildman–Crippen MR) is 87.1 cm³/mol.